The second-order valence-corrected chi connectivity index (χ2v) is 7.55. The van der Waals surface area contributed by atoms with E-state index in [2.05, 4.69) is 10.2 Å². The van der Waals surface area contributed by atoms with E-state index in [9.17, 15) is 9.59 Å². The number of likely N-dealkylation sites (N-methyl/N-ethyl adjacent to an activating group) is 1. The number of methoxy groups -OCH3 is 1. The van der Waals surface area contributed by atoms with Crippen LogP contribution in [0.2, 0.25) is 0 Å². The highest BCUT2D eigenvalue weighted by Crippen LogP contribution is 2.27. The smallest absolute Gasteiger partial charge is 0.257 e. The third-order valence-corrected chi connectivity index (χ3v) is 5.51. The number of benzene rings is 1. The fourth-order valence-corrected chi connectivity index (χ4v) is 3.77. The van der Waals surface area contributed by atoms with Gasteiger partial charge in [0.25, 0.3) is 5.91 Å². The van der Waals surface area contributed by atoms with Crippen LogP contribution in [0.4, 0.5) is 0 Å². The Balaban J connectivity index is 1.54. The van der Waals surface area contributed by atoms with E-state index in [1.54, 1.807) is 18.1 Å². The largest absolute Gasteiger partial charge is 0.496 e. The summed E-state index contributed by atoms with van der Waals surface area (Å²) in [6.45, 7) is 1.65. The molecule has 1 atom stereocenters. The summed E-state index contributed by atoms with van der Waals surface area (Å²) in [5, 5.41) is 3.10. The number of carbonyl (C=O) groups excluding carboxylic acids is 2. The normalized spacial score (nSPS) is 15.9. The van der Waals surface area contributed by atoms with Crippen molar-refractivity contribution in [1.29, 1.82) is 0 Å². The van der Waals surface area contributed by atoms with Crippen molar-refractivity contribution in [3.63, 3.8) is 0 Å². The molecule has 1 aliphatic rings. The second-order valence-electron chi connectivity index (χ2n) is 7.55. The number of hydrogen-bond donors (Lipinski definition) is 1. The highest BCUT2D eigenvalue weighted by Gasteiger charge is 2.29. The van der Waals surface area contributed by atoms with Gasteiger partial charge in [-0.3, -0.25) is 9.59 Å². The molecule has 1 aromatic carbocycles. The Morgan fingerprint density at radius 2 is 1.97 bits per heavy atom. The molecule has 0 aliphatic carbocycles. The van der Waals surface area contributed by atoms with Gasteiger partial charge in [0, 0.05) is 31.1 Å². The zero-order valence-electron chi connectivity index (χ0n) is 17.3. The van der Waals surface area contributed by atoms with Crippen LogP contribution in [0.25, 0.3) is 0 Å². The highest BCUT2D eigenvalue weighted by molar-refractivity contribution is 5.94. The van der Waals surface area contributed by atoms with Crippen molar-refractivity contribution in [3.8, 4) is 5.75 Å². The molecule has 1 aromatic heterocycles. The SMILES string of the molecule is COc1ccccc1C(CNC(=O)C1CCN(C(=O)c2ccoc2)CC1)N(C)C. The van der Waals surface area contributed by atoms with E-state index in [0.717, 1.165) is 11.3 Å². The summed E-state index contributed by atoms with van der Waals surface area (Å²) in [5.74, 6) is 0.735. The Morgan fingerprint density at radius 3 is 2.59 bits per heavy atom. The molecule has 7 heteroatoms. The molecule has 0 radical (unpaired) electrons. The van der Waals surface area contributed by atoms with Crippen molar-refractivity contribution < 1.29 is 18.7 Å². The van der Waals surface area contributed by atoms with Gasteiger partial charge in [-0.25, -0.2) is 0 Å². The molecule has 29 heavy (non-hydrogen) atoms. The van der Waals surface area contributed by atoms with E-state index < -0.39 is 0 Å². The summed E-state index contributed by atoms with van der Waals surface area (Å²) in [7, 11) is 5.63. The molecule has 1 unspecified atom stereocenters. The first-order valence-corrected chi connectivity index (χ1v) is 9.89. The van der Waals surface area contributed by atoms with Crippen LogP contribution in [0.1, 0.15) is 34.8 Å². The average Bonchev–Trinajstić information content (AvgIpc) is 3.28. The molecule has 1 fully saturated rings. The predicted octanol–water partition coefficient (Wildman–Crippen LogP) is 2.56. The van der Waals surface area contributed by atoms with E-state index >= 15 is 0 Å². The Labute approximate surface area is 171 Å². The maximum Gasteiger partial charge on any atom is 0.257 e. The molecular formula is C22H29N3O4. The van der Waals surface area contributed by atoms with Gasteiger partial charge in [-0.05, 0) is 39.1 Å². The second kappa shape index (κ2) is 9.60. The van der Waals surface area contributed by atoms with E-state index in [1.807, 2.05) is 38.4 Å². The maximum absolute atomic E-state index is 12.7. The van der Waals surface area contributed by atoms with Gasteiger partial charge in [0.15, 0.2) is 0 Å². The lowest BCUT2D eigenvalue weighted by molar-refractivity contribution is -0.126. The van der Waals surface area contributed by atoms with Crippen LogP contribution in [-0.4, -0.2) is 62.5 Å². The van der Waals surface area contributed by atoms with Gasteiger partial charge in [-0.15, -0.1) is 0 Å². The van der Waals surface area contributed by atoms with Crippen LogP contribution >= 0.6 is 0 Å². The first-order chi connectivity index (χ1) is 14.0. The van der Waals surface area contributed by atoms with E-state index in [-0.39, 0.29) is 23.8 Å². The summed E-state index contributed by atoms with van der Waals surface area (Å²) in [5.41, 5.74) is 1.60. The van der Waals surface area contributed by atoms with Crippen molar-refractivity contribution in [1.82, 2.24) is 15.1 Å². The molecule has 0 bridgehead atoms. The number of para-hydroxylation sites is 1. The lowest BCUT2D eigenvalue weighted by Gasteiger charge is -2.32. The minimum Gasteiger partial charge on any atom is -0.496 e. The molecular weight excluding hydrogens is 370 g/mol. The molecule has 1 aliphatic heterocycles. The van der Waals surface area contributed by atoms with Gasteiger partial charge in [-0.1, -0.05) is 18.2 Å². The zero-order chi connectivity index (χ0) is 20.8. The predicted molar refractivity (Wildman–Crippen MR) is 110 cm³/mol. The lowest BCUT2D eigenvalue weighted by Crippen LogP contribution is -2.44. The molecule has 0 saturated carbocycles. The van der Waals surface area contributed by atoms with Gasteiger partial charge in [0.05, 0.1) is 25.0 Å². The molecule has 2 heterocycles. The molecule has 3 rings (SSSR count). The minimum atomic E-state index is -0.0797. The number of carbonyl (C=O) groups is 2. The summed E-state index contributed by atoms with van der Waals surface area (Å²) in [4.78, 5) is 29.0. The molecule has 7 nitrogen and oxygen atoms in total. The van der Waals surface area contributed by atoms with Gasteiger partial charge < -0.3 is 24.3 Å². The summed E-state index contributed by atoms with van der Waals surface area (Å²) >= 11 is 0. The van der Waals surface area contributed by atoms with Crippen LogP contribution in [-0.2, 0) is 4.79 Å². The monoisotopic (exact) mass is 399 g/mol. The van der Waals surface area contributed by atoms with Crippen LogP contribution in [0.3, 0.4) is 0 Å². The van der Waals surface area contributed by atoms with Gasteiger partial charge in [0.2, 0.25) is 5.91 Å². The van der Waals surface area contributed by atoms with Crippen molar-refractivity contribution in [2.45, 2.75) is 18.9 Å². The van der Waals surface area contributed by atoms with E-state index in [1.165, 1.54) is 12.5 Å². The fraction of sp³-hybridized carbons (Fsp3) is 0.455. The number of furan rings is 1. The Bertz CT molecular complexity index is 811. The molecule has 2 amide bonds. The van der Waals surface area contributed by atoms with Gasteiger partial charge in [-0.2, -0.15) is 0 Å². The number of piperidine rings is 1. The van der Waals surface area contributed by atoms with E-state index in [0.29, 0.717) is 38.0 Å². The molecule has 2 aromatic rings. The third kappa shape index (κ3) is 4.98. The molecule has 156 valence electrons. The third-order valence-electron chi connectivity index (χ3n) is 5.51. The van der Waals surface area contributed by atoms with Gasteiger partial charge in [0.1, 0.15) is 12.0 Å². The minimum absolute atomic E-state index is 0.0119. The first-order valence-electron chi connectivity index (χ1n) is 9.89. The summed E-state index contributed by atoms with van der Waals surface area (Å²) in [6.07, 6.45) is 4.28. The number of nitrogens with zero attached hydrogens (tertiary/aromatic N) is 2. The number of rotatable bonds is 7. The summed E-state index contributed by atoms with van der Waals surface area (Å²) < 4.78 is 10.5. The maximum atomic E-state index is 12.7. The number of ether oxygens (including phenoxy) is 1. The highest BCUT2D eigenvalue weighted by atomic mass is 16.5. The number of hydrogen-bond acceptors (Lipinski definition) is 5. The Hall–Kier alpha value is -2.80. The number of amides is 2. The molecule has 1 N–H and O–H groups in total. The van der Waals surface area contributed by atoms with Crippen LogP contribution in [0.5, 0.6) is 5.75 Å². The first kappa shape index (κ1) is 20.9. The van der Waals surface area contributed by atoms with Gasteiger partial charge >= 0.3 is 0 Å². The Kier molecular flexibility index (Phi) is 6.93. The van der Waals surface area contributed by atoms with Crippen LogP contribution < -0.4 is 10.1 Å². The Morgan fingerprint density at radius 1 is 1.24 bits per heavy atom. The average molecular weight is 399 g/mol. The van der Waals surface area contributed by atoms with Crippen LogP contribution in [0, 0.1) is 5.92 Å². The summed E-state index contributed by atoms with van der Waals surface area (Å²) in [6, 6.07) is 9.55. The molecule has 0 spiro atoms. The lowest BCUT2D eigenvalue weighted by atomic mass is 9.95. The fourth-order valence-electron chi connectivity index (χ4n) is 3.77. The standard InChI is InChI=1S/C22H29N3O4/c1-24(2)19(18-6-4-5-7-20(18)28-3)14-23-21(26)16-8-11-25(12-9-16)22(27)17-10-13-29-15-17/h4-7,10,13,15-16,19H,8-9,11-12,14H2,1-3H3,(H,23,26). The van der Waals surface area contributed by atoms with Crippen molar-refractivity contribution in [3.05, 3.63) is 54.0 Å². The van der Waals surface area contributed by atoms with Crippen molar-refractivity contribution in [2.75, 3.05) is 40.8 Å². The van der Waals surface area contributed by atoms with Crippen molar-refractivity contribution >= 4 is 11.8 Å². The van der Waals surface area contributed by atoms with Crippen molar-refractivity contribution in [2.24, 2.45) is 5.92 Å². The topological polar surface area (TPSA) is 75.0 Å². The quantitative estimate of drug-likeness (QED) is 0.775. The number of likely N-dealkylation sites (tertiary alicyclic amines) is 1. The van der Waals surface area contributed by atoms with Crippen LogP contribution in [0.15, 0.2) is 47.3 Å². The zero-order valence-corrected chi connectivity index (χ0v) is 17.3. The number of nitrogens with one attached hydrogen (secondary N) is 1. The molecule has 1 saturated heterocycles. The van der Waals surface area contributed by atoms with E-state index in [4.69, 9.17) is 9.15 Å².